The second-order valence-corrected chi connectivity index (χ2v) is 3.31. The number of nitrogens with zero attached hydrogens (tertiary/aromatic N) is 2. The molecule has 1 aromatic heterocycles. The molecule has 0 spiro atoms. The third kappa shape index (κ3) is 1.50. The molecule has 0 aromatic carbocycles. The fourth-order valence-electron chi connectivity index (χ4n) is 1.45. The fourth-order valence-corrected chi connectivity index (χ4v) is 1.45. The Labute approximate surface area is 81.8 Å². The first-order valence-electron chi connectivity index (χ1n) is 4.46. The summed E-state index contributed by atoms with van der Waals surface area (Å²) in [6.45, 7) is 2.17. The average Bonchev–Trinajstić information content (AvgIpc) is 2.19. The molecule has 0 unspecified atom stereocenters. The van der Waals surface area contributed by atoms with E-state index in [4.69, 9.17) is 5.73 Å². The Morgan fingerprint density at radius 3 is 2.29 bits per heavy atom. The summed E-state index contributed by atoms with van der Waals surface area (Å²) in [7, 11) is 3.13. The van der Waals surface area contributed by atoms with E-state index in [9.17, 15) is 9.59 Å². The zero-order valence-electron chi connectivity index (χ0n) is 8.70. The molecule has 0 fully saturated rings. The van der Waals surface area contributed by atoms with Gasteiger partial charge in [0.15, 0.2) is 0 Å². The van der Waals surface area contributed by atoms with Crippen molar-refractivity contribution in [3.8, 4) is 0 Å². The van der Waals surface area contributed by atoms with Crippen molar-refractivity contribution in [1.29, 1.82) is 0 Å². The monoisotopic (exact) mass is 197 g/mol. The van der Waals surface area contributed by atoms with Crippen LogP contribution in [0.3, 0.4) is 0 Å². The van der Waals surface area contributed by atoms with Crippen LogP contribution in [0.5, 0.6) is 0 Å². The van der Waals surface area contributed by atoms with E-state index in [1.54, 1.807) is 14.0 Å². The number of hydrogen-bond acceptors (Lipinski definition) is 3. The number of aromatic nitrogens is 2. The molecule has 1 rings (SSSR count). The van der Waals surface area contributed by atoms with Crippen LogP contribution in [-0.2, 0) is 20.5 Å². The van der Waals surface area contributed by atoms with E-state index in [0.29, 0.717) is 24.2 Å². The molecule has 0 aliphatic rings. The molecular weight excluding hydrogens is 182 g/mol. The minimum Gasteiger partial charge on any atom is -0.330 e. The Balaban J connectivity index is 3.60. The van der Waals surface area contributed by atoms with Crippen molar-refractivity contribution in [2.75, 3.05) is 6.54 Å². The van der Waals surface area contributed by atoms with Gasteiger partial charge in [0.25, 0.3) is 5.56 Å². The van der Waals surface area contributed by atoms with Gasteiger partial charge in [-0.1, -0.05) is 0 Å². The van der Waals surface area contributed by atoms with Gasteiger partial charge < -0.3 is 10.3 Å². The van der Waals surface area contributed by atoms with E-state index in [0.717, 1.165) is 4.57 Å². The molecular formula is C9H15N3O2. The first kappa shape index (κ1) is 10.7. The summed E-state index contributed by atoms with van der Waals surface area (Å²) >= 11 is 0. The highest BCUT2D eigenvalue weighted by Crippen LogP contribution is 1.98. The van der Waals surface area contributed by atoms with Crippen LogP contribution in [-0.4, -0.2) is 15.7 Å². The topological polar surface area (TPSA) is 70.0 Å². The van der Waals surface area contributed by atoms with Crippen molar-refractivity contribution in [2.45, 2.75) is 13.3 Å². The van der Waals surface area contributed by atoms with E-state index in [2.05, 4.69) is 0 Å². The van der Waals surface area contributed by atoms with Crippen LogP contribution in [0.2, 0.25) is 0 Å². The molecule has 0 atom stereocenters. The Bertz CT molecular complexity index is 456. The molecule has 0 bridgehead atoms. The summed E-state index contributed by atoms with van der Waals surface area (Å²) in [5.41, 5.74) is 6.18. The molecule has 1 heterocycles. The Hall–Kier alpha value is -1.36. The van der Waals surface area contributed by atoms with Gasteiger partial charge in [0.1, 0.15) is 0 Å². The predicted molar refractivity (Wildman–Crippen MR) is 54.4 cm³/mol. The minimum absolute atomic E-state index is 0.240. The molecule has 5 nitrogen and oxygen atoms in total. The molecule has 5 heteroatoms. The first-order valence-corrected chi connectivity index (χ1v) is 4.46. The number of rotatable bonds is 2. The van der Waals surface area contributed by atoms with Crippen LogP contribution in [0.4, 0.5) is 0 Å². The predicted octanol–water partition coefficient (Wildman–Crippen LogP) is -1.11. The Kier molecular flexibility index (Phi) is 2.90. The fraction of sp³-hybridized carbons (Fsp3) is 0.556. The van der Waals surface area contributed by atoms with E-state index in [-0.39, 0.29) is 11.2 Å². The molecule has 0 amide bonds. The van der Waals surface area contributed by atoms with Gasteiger partial charge >= 0.3 is 5.69 Å². The average molecular weight is 197 g/mol. The van der Waals surface area contributed by atoms with E-state index >= 15 is 0 Å². The van der Waals surface area contributed by atoms with Gasteiger partial charge in [0.2, 0.25) is 0 Å². The summed E-state index contributed by atoms with van der Waals surface area (Å²) in [5.74, 6) is 0. The SMILES string of the molecule is Cc1c(CCN)c(=O)n(C)c(=O)n1C. The third-order valence-electron chi connectivity index (χ3n) is 2.47. The zero-order chi connectivity index (χ0) is 10.9. The molecule has 0 aliphatic carbocycles. The lowest BCUT2D eigenvalue weighted by Gasteiger charge is -2.10. The molecule has 14 heavy (non-hydrogen) atoms. The van der Waals surface area contributed by atoms with Gasteiger partial charge in [-0.3, -0.25) is 9.36 Å². The Morgan fingerprint density at radius 1 is 1.21 bits per heavy atom. The molecule has 2 N–H and O–H groups in total. The Morgan fingerprint density at radius 2 is 1.79 bits per heavy atom. The van der Waals surface area contributed by atoms with E-state index in [1.165, 1.54) is 11.6 Å². The maximum Gasteiger partial charge on any atom is 0.330 e. The largest absolute Gasteiger partial charge is 0.330 e. The first-order chi connectivity index (χ1) is 6.50. The third-order valence-corrected chi connectivity index (χ3v) is 2.47. The minimum atomic E-state index is -0.298. The van der Waals surface area contributed by atoms with Crippen molar-refractivity contribution in [3.05, 3.63) is 32.1 Å². The van der Waals surface area contributed by atoms with Crippen LogP contribution in [0.15, 0.2) is 9.59 Å². The van der Waals surface area contributed by atoms with Gasteiger partial charge in [-0.15, -0.1) is 0 Å². The normalized spacial score (nSPS) is 10.6. The molecule has 0 radical (unpaired) electrons. The molecule has 0 aliphatic heterocycles. The standard InChI is InChI=1S/C9H15N3O2/c1-6-7(4-5-10)8(13)12(3)9(14)11(6)2/h4-5,10H2,1-3H3. The molecule has 1 aromatic rings. The van der Waals surface area contributed by atoms with Crippen molar-refractivity contribution in [3.63, 3.8) is 0 Å². The van der Waals surface area contributed by atoms with Crippen molar-refractivity contribution < 1.29 is 0 Å². The molecule has 78 valence electrons. The summed E-state index contributed by atoms with van der Waals surface area (Å²) < 4.78 is 2.57. The molecule has 0 saturated carbocycles. The van der Waals surface area contributed by atoms with Gasteiger partial charge in [0, 0.05) is 25.4 Å². The van der Waals surface area contributed by atoms with Crippen molar-refractivity contribution >= 4 is 0 Å². The van der Waals surface area contributed by atoms with Gasteiger partial charge in [-0.25, -0.2) is 4.79 Å². The quantitative estimate of drug-likeness (QED) is 0.654. The van der Waals surface area contributed by atoms with Crippen molar-refractivity contribution in [2.24, 2.45) is 19.8 Å². The van der Waals surface area contributed by atoms with Crippen molar-refractivity contribution in [1.82, 2.24) is 9.13 Å². The summed E-state index contributed by atoms with van der Waals surface area (Å²) in [4.78, 5) is 23.1. The number of hydrogen-bond donors (Lipinski definition) is 1. The highest BCUT2D eigenvalue weighted by molar-refractivity contribution is 5.16. The summed E-state index contributed by atoms with van der Waals surface area (Å²) in [6.07, 6.45) is 0.507. The maximum absolute atomic E-state index is 11.6. The highest BCUT2D eigenvalue weighted by Gasteiger charge is 2.10. The van der Waals surface area contributed by atoms with Gasteiger partial charge in [-0.2, -0.15) is 0 Å². The molecule has 0 saturated heterocycles. The van der Waals surface area contributed by atoms with Crippen LogP contribution in [0.1, 0.15) is 11.3 Å². The summed E-state index contributed by atoms with van der Waals surface area (Å²) in [6, 6.07) is 0. The van der Waals surface area contributed by atoms with E-state index < -0.39 is 0 Å². The highest BCUT2D eigenvalue weighted by atomic mass is 16.2. The zero-order valence-corrected chi connectivity index (χ0v) is 8.70. The smallest absolute Gasteiger partial charge is 0.330 e. The lowest BCUT2D eigenvalue weighted by atomic mass is 10.1. The second kappa shape index (κ2) is 3.79. The number of nitrogens with two attached hydrogens (primary N) is 1. The van der Waals surface area contributed by atoms with Crippen LogP contribution >= 0.6 is 0 Å². The van der Waals surface area contributed by atoms with Gasteiger partial charge in [-0.05, 0) is 19.9 Å². The van der Waals surface area contributed by atoms with Crippen LogP contribution in [0, 0.1) is 6.92 Å². The maximum atomic E-state index is 11.6. The second-order valence-electron chi connectivity index (χ2n) is 3.31. The van der Waals surface area contributed by atoms with Gasteiger partial charge in [0.05, 0.1) is 0 Å². The lowest BCUT2D eigenvalue weighted by Crippen LogP contribution is -2.40. The summed E-state index contributed by atoms with van der Waals surface area (Å²) in [5, 5.41) is 0. The van der Waals surface area contributed by atoms with Crippen LogP contribution in [0.25, 0.3) is 0 Å². The van der Waals surface area contributed by atoms with Crippen LogP contribution < -0.4 is 17.0 Å². The lowest BCUT2D eigenvalue weighted by molar-refractivity contribution is 0.647. The van der Waals surface area contributed by atoms with E-state index in [1.807, 2.05) is 0 Å².